The lowest BCUT2D eigenvalue weighted by Gasteiger charge is -2.11. The van der Waals surface area contributed by atoms with E-state index in [-0.39, 0.29) is 22.7 Å². The summed E-state index contributed by atoms with van der Waals surface area (Å²) in [5.74, 6) is -1.27. The maximum Gasteiger partial charge on any atom is 0.336 e. The molecule has 0 aromatic heterocycles. The number of nitrogens with two attached hydrogens (primary N) is 1. The number of hydrogen-bond donors (Lipinski definition) is 2. The Morgan fingerprint density at radius 2 is 1.86 bits per heavy atom. The summed E-state index contributed by atoms with van der Waals surface area (Å²) in [7, 11) is 0. The summed E-state index contributed by atoms with van der Waals surface area (Å²) in [6.07, 6.45) is 0. The number of anilines is 1. The first kappa shape index (κ1) is 15.1. The van der Waals surface area contributed by atoms with E-state index in [2.05, 4.69) is 10.0 Å². The number of carboxylic acids is 1. The van der Waals surface area contributed by atoms with E-state index >= 15 is 0 Å². The van der Waals surface area contributed by atoms with Crippen molar-refractivity contribution in [1.82, 2.24) is 0 Å². The van der Waals surface area contributed by atoms with Gasteiger partial charge in [0.25, 0.3) is 0 Å². The Morgan fingerprint density at radius 1 is 1.23 bits per heavy atom. The number of benzene rings is 2. The number of nitrogen functional groups attached to an aromatic ring is 1. The number of hydrogen-bond acceptors (Lipinski definition) is 4. The van der Waals surface area contributed by atoms with Crippen molar-refractivity contribution in [1.29, 1.82) is 0 Å². The monoisotopic (exact) mass is 296 g/mol. The van der Waals surface area contributed by atoms with E-state index in [4.69, 9.17) is 11.3 Å². The minimum absolute atomic E-state index is 0.0713. The molecule has 2 rings (SSSR count). The summed E-state index contributed by atoms with van der Waals surface area (Å²) in [5, 5.41) is 12.7. The predicted octanol–water partition coefficient (Wildman–Crippen LogP) is 3.78. The Kier molecular flexibility index (Phi) is 4.11. The average Bonchev–Trinajstić information content (AvgIpc) is 2.47. The van der Waals surface area contributed by atoms with Crippen LogP contribution in [0.25, 0.3) is 21.6 Å². The van der Waals surface area contributed by atoms with Crippen LogP contribution in [-0.4, -0.2) is 16.9 Å². The minimum Gasteiger partial charge on any atom is -0.478 e. The number of ketones is 1. The molecule has 3 N–H and O–H groups in total. The van der Waals surface area contributed by atoms with Gasteiger partial charge in [-0.25, -0.2) is 4.79 Å². The van der Waals surface area contributed by atoms with Crippen LogP contribution in [0.1, 0.15) is 27.6 Å². The van der Waals surface area contributed by atoms with Gasteiger partial charge >= 0.3 is 5.97 Å². The molecule has 0 aliphatic heterocycles. The Morgan fingerprint density at radius 3 is 2.36 bits per heavy atom. The van der Waals surface area contributed by atoms with Gasteiger partial charge in [-0.2, -0.15) is 0 Å². The molecule has 0 amide bonds. The van der Waals surface area contributed by atoms with Gasteiger partial charge in [0.1, 0.15) is 0 Å². The van der Waals surface area contributed by atoms with Gasteiger partial charge in [-0.15, -0.1) is 0 Å². The number of carbonyl (C=O) groups excluding carboxylic acids is 1. The smallest absolute Gasteiger partial charge is 0.336 e. The lowest BCUT2D eigenvalue weighted by molar-refractivity contribution is 0.0697. The Bertz CT molecular complexity index is 806. The fourth-order valence-electron chi connectivity index (χ4n) is 2.12. The second kappa shape index (κ2) is 5.99. The molecule has 2 aromatic carbocycles. The van der Waals surface area contributed by atoms with Crippen molar-refractivity contribution in [3.8, 4) is 11.1 Å². The number of aromatic carboxylic acids is 1. The van der Waals surface area contributed by atoms with E-state index < -0.39 is 5.97 Å². The molecule has 7 nitrogen and oxygen atoms in total. The molecule has 0 bridgehead atoms. The van der Waals surface area contributed by atoms with Gasteiger partial charge in [-0.3, -0.25) is 4.79 Å². The lowest BCUT2D eigenvalue weighted by Crippen LogP contribution is -2.03. The molecule has 7 heteroatoms. The van der Waals surface area contributed by atoms with E-state index in [0.29, 0.717) is 16.7 Å². The quantitative estimate of drug-likeness (QED) is 0.292. The van der Waals surface area contributed by atoms with E-state index in [1.165, 1.54) is 19.1 Å². The summed E-state index contributed by atoms with van der Waals surface area (Å²) < 4.78 is 0. The molecule has 0 aliphatic carbocycles. The minimum atomic E-state index is -1.19. The van der Waals surface area contributed by atoms with Crippen LogP contribution < -0.4 is 5.73 Å². The summed E-state index contributed by atoms with van der Waals surface area (Å²) >= 11 is 0. The molecule has 0 radical (unpaired) electrons. The number of azide groups is 1. The highest BCUT2D eigenvalue weighted by molar-refractivity contribution is 6.01. The summed E-state index contributed by atoms with van der Waals surface area (Å²) in [5.41, 5.74) is 16.0. The van der Waals surface area contributed by atoms with Gasteiger partial charge in [-0.1, -0.05) is 29.4 Å². The molecule has 0 aliphatic rings. The van der Waals surface area contributed by atoms with Crippen molar-refractivity contribution in [3.63, 3.8) is 0 Å². The zero-order valence-electron chi connectivity index (χ0n) is 11.6. The van der Waals surface area contributed by atoms with E-state index in [9.17, 15) is 14.7 Å². The van der Waals surface area contributed by atoms with Crippen molar-refractivity contribution in [2.75, 3.05) is 5.73 Å². The summed E-state index contributed by atoms with van der Waals surface area (Å²) in [6.45, 7) is 1.45. The number of rotatable bonds is 4. The van der Waals surface area contributed by atoms with Gasteiger partial charge in [0.05, 0.1) is 5.56 Å². The summed E-state index contributed by atoms with van der Waals surface area (Å²) in [4.78, 5) is 25.3. The Labute approximate surface area is 125 Å². The van der Waals surface area contributed by atoms with Crippen molar-refractivity contribution >= 4 is 23.1 Å². The number of carboxylic acid groups (broad SMARTS) is 1. The first-order valence-electron chi connectivity index (χ1n) is 6.27. The first-order valence-corrected chi connectivity index (χ1v) is 6.27. The van der Waals surface area contributed by atoms with E-state index in [0.717, 1.165) is 0 Å². The lowest BCUT2D eigenvalue weighted by atomic mass is 9.96. The topological polar surface area (TPSA) is 129 Å². The van der Waals surface area contributed by atoms with Crippen molar-refractivity contribution in [2.24, 2.45) is 5.11 Å². The van der Waals surface area contributed by atoms with Gasteiger partial charge in [0.15, 0.2) is 5.78 Å². The molecule has 110 valence electrons. The fraction of sp³-hybridized carbons (Fsp3) is 0.0667. The molecule has 0 unspecified atom stereocenters. The average molecular weight is 296 g/mol. The van der Waals surface area contributed by atoms with Crippen molar-refractivity contribution in [3.05, 3.63) is 58.0 Å². The zero-order valence-corrected chi connectivity index (χ0v) is 11.6. The maximum absolute atomic E-state index is 11.4. The molecule has 0 heterocycles. The van der Waals surface area contributed by atoms with Crippen molar-refractivity contribution < 1.29 is 14.7 Å². The maximum atomic E-state index is 11.4. The standard InChI is InChI=1S/C15H12N4O3/c1-8(20)9-2-4-10(5-3-9)14-12(15(21)22)6-11(18-19-17)7-13(14)16/h2-7H,16H2,1H3,(H,21,22). The first-order chi connectivity index (χ1) is 10.4. The normalized spacial score (nSPS) is 9.86. The summed E-state index contributed by atoms with van der Waals surface area (Å²) in [6, 6.07) is 9.12. The van der Waals surface area contributed by atoms with Crippen LogP contribution in [0.15, 0.2) is 41.5 Å². The third-order valence-electron chi connectivity index (χ3n) is 3.12. The van der Waals surface area contributed by atoms with E-state index in [1.54, 1.807) is 24.3 Å². The van der Waals surface area contributed by atoms with Gasteiger partial charge in [-0.05, 0) is 30.2 Å². The number of nitrogens with zero attached hydrogens (tertiary/aromatic N) is 3. The van der Waals surface area contributed by atoms with Gasteiger partial charge < -0.3 is 10.8 Å². The van der Waals surface area contributed by atoms with Crippen molar-refractivity contribution in [2.45, 2.75) is 6.92 Å². The zero-order chi connectivity index (χ0) is 16.3. The van der Waals surface area contributed by atoms with Crippen LogP contribution in [0.5, 0.6) is 0 Å². The van der Waals surface area contributed by atoms with Crippen LogP contribution in [0.4, 0.5) is 11.4 Å². The van der Waals surface area contributed by atoms with Gasteiger partial charge in [0.2, 0.25) is 0 Å². The third kappa shape index (κ3) is 2.89. The van der Waals surface area contributed by atoms with Crippen LogP contribution >= 0.6 is 0 Å². The second-order valence-corrected chi connectivity index (χ2v) is 4.59. The Balaban J connectivity index is 2.65. The highest BCUT2D eigenvalue weighted by atomic mass is 16.4. The fourth-order valence-corrected chi connectivity index (χ4v) is 2.12. The highest BCUT2D eigenvalue weighted by Gasteiger charge is 2.16. The number of carbonyl (C=O) groups is 2. The molecule has 2 aromatic rings. The number of Topliss-reactive ketones (excluding diaryl/α,β-unsaturated/α-hetero) is 1. The van der Waals surface area contributed by atoms with Crippen LogP contribution in [0, 0.1) is 0 Å². The molecule has 22 heavy (non-hydrogen) atoms. The molecular formula is C15H12N4O3. The molecular weight excluding hydrogens is 284 g/mol. The largest absolute Gasteiger partial charge is 0.478 e. The van der Waals surface area contributed by atoms with E-state index in [1.807, 2.05) is 0 Å². The van der Waals surface area contributed by atoms with Crippen LogP contribution in [-0.2, 0) is 0 Å². The second-order valence-electron chi connectivity index (χ2n) is 4.59. The third-order valence-corrected chi connectivity index (χ3v) is 3.12. The Hall–Kier alpha value is -3.31. The molecule has 0 saturated heterocycles. The molecule has 0 saturated carbocycles. The van der Waals surface area contributed by atoms with Crippen LogP contribution in [0.3, 0.4) is 0 Å². The van der Waals surface area contributed by atoms with Gasteiger partial charge in [0, 0.05) is 27.4 Å². The predicted molar refractivity (Wildman–Crippen MR) is 82.1 cm³/mol. The highest BCUT2D eigenvalue weighted by Crippen LogP contribution is 2.34. The van der Waals surface area contributed by atoms with Crippen LogP contribution in [0.2, 0.25) is 0 Å². The SMILES string of the molecule is CC(=O)c1ccc(-c2c(N)cc(N=[N+]=[N-])cc2C(=O)O)cc1. The molecule has 0 fully saturated rings. The molecule has 0 spiro atoms. The molecule has 0 atom stereocenters.